The molecule has 0 aromatic carbocycles. The summed E-state index contributed by atoms with van der Waals surface area (Å²) in [7, 11) is 0. The van der Waals surface area contributed by atoms with E-state index < -0.39 is 0 Å². The molecule has 3 heteroatoms. The summed E-state index contributed by atoms with van der Waals surface area (Å²) in [6.07, 6.45) is 11.4. The van der Waals surface area contributed by atoms with Crippen LogP contribution in [-0.2, 0) is 10.3 Å². The summed E-state index contributed by atoms with van der Waals surface area (Å²) in [6, 6.07) is 4.06. The molecule has 0 unspecified atom stereocenters. The summed E-state index contributed by atoms with van der Waals surface area (Å²) in [5.74, 6) is 0.478. The van der Waals surface area contributed by atoms with Crippen LogP contribution in [0.15, 0.2) is 24.5 Å². The highest BCUT2D eigenvalue weighted by molar-refractivity contribution is 5.80. The maximum atomic E-state index is 12.6. The Morgan fingerprint density at radius 3 is 2.38 bits per heavy atom. The van der Waals surface area contributed by atoms with Gasteiger partial charge in [0.15, 0.2) is 0 Å². The number of nitrogens with one attached hydrogen (secondary N) is 1. The number of hydrogen-bond donors (Lipinski definition) is 1. The second-order valence-corrected chi connectivity index (χ2v) is 7.25. The summed E-state index contributed by atoms with van der Waals surface area (Å²) >= 11 is 0. The Hall–Kier alpha value is -1.38. The van der Waals surface area contributed by atoms with E-state index in [0.29, 0.717) is 5.41 Å². The van der Waals surface area contributed by atoms with Crippen molar-refractivity contribution in [3.05, 3.63) is 30.1 Å². The summed E-state index contributed by atoms with van der Waals surface area (Å²) in [5, 5.41) is 3.33. The van der Waals surface area contributed by atoms with E-state index in [1.807, 2.05) is 24.5 Å². The van der Waals surface area contributed by atoms with E-state index in [9.17, 15) is 4.79 Å². The molecule has 0 spiro atoms. The van der Waals surface area contributed by atoms with Crippen LogP contribution in [0.3, 0.4) is 0 Å². The fourth-order valence-corrected chi connectivity index (χ4v) is 3.55. The minimum Gasteiger partial charge on any atom is -0.346 e. The smallest absolute Gasteiger partial charge is 0.223 e. The van der Waals surface area contributed by atoms with Crippen molar-refractivity contribution < 1.29 is 4.79 Å². The molecule has 1 aromatic heterocycles. The highest BCUT2D eigenvalue weighted by Gasteiger charge is 2.46. The summed E-state index contributed by atoms with van der Waals surface area (Å²) in [5.41, 5.74) is 1.57. The fourth-order valence-electron chi connectivity index (χ4n) is 3.55. The molecule has 1 N–H and O–H groups in total. The van der Waals surface area contributed by atoms with E-state index >= 15 is 0 Å². The molecule has 21 heavy (non-hydrogen) atoms. The van der Waals surface area contributed by atoms with Gasteiger partial charge in [0.2, 0.25) is 5.91 Å². The molecule has 0 radical (unpaired) electrons. The van der Waals surface area contributed by atoms with Gasteiger partial charge in [-0.1, -0.05) is 20.3 Å². The van der Waals surface area contributed by atoms with E-state index in [4.69, 9.17) is 0 Å². The van der Waals surface area contributed by atoms with Gasteiger partial charge in [0.25, 0.3) is 0 Å². The van der Waals surface area contributed by atoms with E-state index in [1.165, 1.54) is 24.8 Å². The molecule has 0 saturated heterocycles. The zero-order valence-corrected chi connectivity index (χ0v) is 13.2. The Morgan fingerprint density at radius 1 is 1.24 bits per heavy atom. The number of aromatic nitrogens is 1. The summed E-state index contributed by atoms with van der Waals surface area (Å²) in [4.78, 5) is 16.7. The lowest BCUT2D eigenvalue weighted by atomic mass is 9.70. The van der Waals surface area contributed by atoms with E-state index in [-0.39, 0.29) is 17.4 Å². The molecule has 114 valence electrons. The zero-order valence-electron chi connectivity index (χ0n) is 13.2. The van der Waals surface area contributed by atoms with E-state index in [0.717, 1.165) is 25.7 Å². The monoisotopic (exact) mass is 286 g/mol. The van der Waals surface area contributed by atoms with Crippen LogP contribution in [0.4, 0.5) is 0 Å². The Morgan fingerprint density at radius 2 is 1.86 bits per heavy atom. The van der Waals surface area contributed by atoms with Crippen molar-refractivity contribution >= 4 is 5.91 Å². The fraction of sp³-hybridized carbons (Fsp3) is 0.667. The highest BCUT2D eigenvalue weighted by atomic mass is 16.2. The average Bonchev–Trinajstić information content (AvgIpc) is 3.29. The van der Waals surface area contributed by atoms with E-state index in [1.54, 1.807) is 0 Å². The zero-order chi connectivity index (χ0) is 14.9. The van der Waals surface area contributed by atoms with Gasteiger partial charge in [0.1, 0.15) is 0 Å². The van der Waals surface area contributed by atoms with Crippen molar-refractivity contribution in [3.63, 3.8) is 0 Å². The van der Waals surface area contributed by atoms with Gasteiger partial charge in [-0.2, -0.15) is 0 Å². The standard InChI is InChI=1S/C18H26N2O/c1-3-17(2)8-4-14(5-9-17)16(21)20-18(10-11-18)15-6-12-19-13-7-15/h6-7,12-14H,3-5,8-11H2,1-2H3,(H,20,21). The van der Waals surface area contributed by atoms with Crippen LogP contribution in [0.2, 0.25) is 0 Å². The molecule has 1 aromatic rings. The first-order valence-corrected chi connectivity index (χ1v) is 8.29. The van der Waals surface area contributed by atoms with E-state index in [2.05, 4.69) is 24.1 Å². The van der Waals surface area contributed by atoms with Crippen LogP contribution in [0.25, 0.3) is 0 Å². The molecular weight excluding hydrogens is 260 g/mol. The van der Waals surface area contributed by atoms with Gasteiger partial charge >= 0.3 is 0 Å². The molecule has 0 bridgehead atoms. The van der Waals surface area contributed by atoms with Crippen LogP contribution >= 0.6 is 0 Å². The predicted octanol–water partition coefficient (Wildman–Crippen LogP) is 3.79. The van der Waals surface area contributed by atoms with Crippen molar-refractivity contribution in [3.8, 4) is 0 Å². The Balaban J connectivity index is 1.61. The molecule has 3 rings (SSSR count). The first-order valence-electron chi connectivity index (χ1n) is 8.29. The van der Waals surface area contributed by atoms with Crippen molar-refractivity contribution in [2.24, 2.45) is 11.3 Å². The third-order valence-electron chi connectivity index (χ3n) is 5.76. The minimum atomic E-state index is -0.0917. The molecular formula is C18H26N2O. The van der Waals surface area contributed by atoms with Crippen molar-refractivity contribution in [2.45, 2.75) is 64.3 Å². The Kier molecular flexibility index (Phi) is 3.76. The number of carbonyl (C=O) groups is 1. The van der Waals surface area contributed by atoms with Crippen molar-refractivity contribution in [2.75, 3.05) is 0 Å². The molecule has 1 amide bonds. The molecule has 2 saturated carbocycles. The molecule has 2 aliphatic rings. The molecule has 2 aliphatic carbocycles. The van der Waals surface area contributed by atoms with Gasteiger partial charge in [0, 0.05) is 18.3 Å². The van der Waals surface area contributed by atoms with Crippen LogP contribution in [-0.4, -0.2) is 10.9 Å². The number of carbonyl (C=O) groups excluding carboxylic acids is 1. The van der Waals surface area contributed by atoms with Crippen LogP contribution in [0, 0.1) is 11.3 Å². The number of rotatable bonds is 4. The number of hydrogen-bond acceptors (Lipinski definition) is 2. The molecule has 1 heterocycles. The van der Waals surface area contributed by atoms with Gasteiger partial charge in [-0.05, 0) is 61.6 Å². The number of nitrogens with zero attached hydrogens (tertiary/aromatic N) is 1. The maximum Gasteiger partial charge on any atom is 0.223 e. The van der Waals surface area contributed by atoms with Crippen LogP contribution < -0.4 is 5.32 Å². The third-order valence-corrected chi connectivity index (χ3v) is 5.76. The Labute approximate surface area is 127 Å². The maximum absolute atomic E-state index is 12.6. The number of amides is 1. The van der Waals surface area contributed by atoms with Gasteiger partial charge < -0.3 is 5.32 Å². The molecule has 0 atom stereocenters. The lowest BCUT2D eigenvalue weighted by Crippen LogP contribution is -2.41. The quantitative estimate of drug-likeness (QED) is 0.915. The molecule has 2 fully saturated rings. The van der Waals surface area contributed by atoms with Gasteiger partial charge in [-0.25, -0.2) is 0 Å². The van der Waals surface area contributed by atoms with Crippen LogP contribution in [0.1, 0.15) is 64.4 Å². The summed E-state index contributed by atoms with van der Waals surface area (Å²) in [6.45, 7) is 4.63. The third kappa shape index (κ3) is 2.97. The van der Waals surface area contributed by atoms with Gasteiger partial charge in [0.05, 0.1) is 5.54 Å². The first-order chi connectivity index (χ1) is 10.1. The van der Waals surface area contributed by atoms with Gasteiger partial charge in [-0.15, -0.1) is 0 Å². The van der Waals surface area contributed by atoms with Gasteiger partial charge in [-0.3, -0.25) is 9.78 Å². The topological polar surface area (TPSA) is 42.0 Å². The minimum absolute atomic E-state index is 0.0917. The molecule has 0 aliphatic heterocycles. The normalized spacial score (nSPS) is 30.7. The lowest BCUT2D eigenvalue weighted by Gasteiger charge is -2.36. The molecule has 3 nitrogen and oxygen atoms in total. The van der Waals surface area contributed by atoms with Crippen LogP contribution in [0.5, 0.6) is 0 Å². The highest BCUT2D eigenvalue weighted by Crippen LogP contribution is 2.46. The largest absolute Gasteiger partial charge is 0.346 e. The van der Waals surface area contributed by atoms with Crippen molar-refractivity contribution in [1.29, 1.82) is 0 Å². The average molecular weight is 286 g/mol. The second-order valence-electron chi connectivity index (χ2n) is 7.25. The Bertz CT molecular complexity index is 499. The number of pyridine rings is 1. The lowest BCUT2D eigenvalue weighted by molar-refractivity contribution is -0.127. The predicted molar refractivity (Wildman–Crippen MR) is 83.6 cm³/mol. The SMILES string of the molecule is CCC1(C)CCC(C(=O)NC2(c3ccncc3)CC2)CC1. The summed E-state index contributed by atoms with van der Waals surface area (Å²) < 4.78 is 0. The van der Waals surface area contributed by atoms with Crippen molar-refractivity contribution in [1.82, 2.24) is 10.3 Å². The first kappa shape index (κ1) is 14.6. The second kappa shape index (κ2) is 5.43.